The van der Waals surface area contributed by atoms with Gasteiger partial charge in [0.05, 0.1) is 0 Å². The first kappa shape index (κ1) is 21.2. The van der Waals surface area contributed by atoms with Gasteiger partial charge in [0.25, 0.3) is 0 Å². The number of thiazole rings is 1. The Bertz CT molecular complexity index is 1180. The van der Waals surface area contributed by atoms with E-state index in [-0.39, 0.29) is 26.5 Å². The van der Waals surface area contributed by atoms with E-state index in [1.165, 1.54) is 31.4 Å². The molecule has 0 aliphatic rings. The van der Waals surface area contributed by atoms with E-state index in [9.17, 15) is 12.6 Å². The molecule has 0 N–H and O–H groups in total. The van der Waals surface area contributed by atoms with Crippen LogP contribution in [0.1, 0.15) is 0 Å². The van der Waals surface area contributed by atoms with Crippen molar-refractivity contribution < 1.29 is 17.4 Å². The SMILES string of the molecule is [B]=S(=O)(CCOC)c1sc(-c2ccccc2)nc1S(=O)(=O)c1ccc(Cl)cc1. The summed E-state index contributed by atoms with van der Waals surface area (Å²) in [7, 11) is -5.74. The van der Waals surface area contributed by atoms with Crippen molar-refractivity contribution in [2.75, 3.05) is 19.5 Å². The Hall–Kier alpha value is -1.52. The number of hydrogen-bond acceptors (Lipinski definition) is 6. The van der Waals surface area contributed by atoms with E-state index in [1.54, 1.807) is 12.1 Å². The third kappa shape index (κ3) is 4.39. The standard InChI is InChI=1S/C18H16BClNO4S3/c1-25-11-12-27(19,22)18-17(21-16(26-18)13-5-3-2-4-6-13)28(23,24)15-9-7-14(20)8-10-15/h2-10H,11-12H2,1H3. The maximum atomic E-state index is 13.2. The van der Waals surface area contributed by atoms with Crippen LogP contribution in [0.3, 0.4) is 0 Å². The van der Waals surface area contributed by atoms with E-state index in [0.717, 1.165) is 11.3 Å². The van der Waals surface area contributed by atoms with Crippen molar-refractivity contribution in [3.05, 3.63) is 59.6 Å². The fourth-order valence-corrected chi connectivity index (χ4v) is 7.64. The van der Waals surface area contributed by atoms with Crippen molar-refractivity contribution in [3.63, 3.8) is 0 Å². The van der Waals surface area contributed by atoms with Crippen LogP contribution in [0.25, 0.3) is 10.6 Å². The molecular weight excluding hydrogens is 437 g/mol. The Labute approximate surface area is 174 Å². The molecule has 10 heteroatoms. The van der Waals surface area contributed by atoms with Gasteiger partial charge < -0.3 is 0 Å². The van der Waals surface area contributed by atoms with E-state index in [1.807, 2.05) is 18.2 Å². The molecule has 145 valence electrons. The number of halogens is 1. The summed E-state index contributed by atoms with van der Waals surface area (Å²) in [5.41, 5.74) is 0.716. The second-order valence-electron chi connectivity index (χ2n) is 5.86. The van der Waals surface area contributed by atoms with E-state index in [0.29, 0.717) is 15.6 Å². The molecule has 3 aromatic rings. The van der Waals surface area contributed by atoms with Crippen molar-refractivity contribution in [1.29, 1.82) is 0 Å². The molecule has 1 unspecified atom stereocenters. The van der Waals surface area contributed by atoms with Crippen LogP contribution in [0.15, 0.2) is 68.7 Å². The average molecular weight is 453 g/mol. The van der Waals surface area contributed by atoms with E-state index >= 15 is 0 Å². The summed E-state index contributed by atoms with van der Waals surface area (Å²) in [5.74, 6) is -0.0109. The van der Waals surface area contributed by atoms with Gasteiger partial charge in [-0.2, -0.15) is 0 Å². The Kier molecular flexibility index (Phi) is 6.41. The quantitative estimate of drug-likeness (QED) is 0.511. The molecule has 0 bridgehead atoms. The molecule has 28 heavy (non-hydrogen) atoms. The van der Waals surface area contributed by atoms with Gasteiger partial charge in [-0.3, -0.25) is 0 Å². The minimum atomic E-state index is -4.04. The molecular formula is C18H16BClNO4S3. The van der Waals surface area contributed by atoms with E-state index in [4.69, 9.17) is 23.1 Å². The number of nitrogens with zero attached hydrogens (tertiary/aromatic N) is 1. The molecule has 3 rings (SSSR count). The van der Waals surface area contributed by atoms with Gasteiger partial charge in [0, 0.05) is 0 Å². The van der Waals surface area contributed by atoms with Crippen molar-refractivity contribution in [2.24, 2.45) is 0 Å². The fraction of sp³-hybridized carbons (Fsp3) is 0.167. The first-order valence-corrected chi connectivity index (χ1v) is 12.6. The third-order valence-electron chi connectivity index (χ3n) is 3.87. The van der Waals surface area contributed by atoms with Crippen LogP contribution in [0.2, 0.25) is 5.02 Å². The first-order chi connectivity index (χ1) is 13.3. The summed E-state index contributed by atoms with van der Waals surface area (Å²) >= 11 is 6.89. The van der Waals surface area contributed by atoms with Crippen LogP contribution in [0, 0.1) is 0 Å². The normalized spacial score (nSPS) is 13.9. The molecule has 0 saturated carbocycles. The molecule has 0 spiro atoms. The zero-order valence-electron chi connectivity index (χ0n) is 14.9. The molecule has 1 aromatic heterocycles. The summed E-state index contributed by atoms with van der Waals surface area (Å²) in [5, 5.41) is 0.547. The van der Waals surface area contributed by atoms with Gasteiger partial charge in [0.1, 0.15) is 0 Å². The summed E-state index contributed by atoms with van der Waals surface area (Å²) in [6.07, 6.45) is 0. The zero-order chi connectivity index (χ0) is 20.4. The number of aromatic nitrogens is 1. The Morgan fingerprint density at radius 2 is 1.71 bits per heavy atom. The van der Waals surface area contributed by atoms with Gasteiger partial charge in [-0.05, 0) is 0 Å². The predicted octanol–water partition coefficient (Wildman–Crippen LogP) is 3.67. The Balaban J connectivity index is 2.21. The second-order valence-corrected chi connectivity index (χ2v) is 11.7. The van der Waals surface area contributed by atoms with Crippen molar-refractivity contribution in [1.82, 2.24) is 4.98 Å². The van der Waals surface area contributed by atoms with Crippen molar-refractivity contribution in [3.8, 4) is 10.6 Å². The summed E-state index contributed by atoms with van der Waals surface area (Å²) in [4.78, 5) is 4.33. The fourth-order valence-electron chi connectivity index (χ4n) is 2.41. The van der Waals surface area contributed by atoms with Gasteiger partial charge >= 0.3 is 175 Å². The zero-order valence-corrected chi connectivity index (χ0v) is 18.1. The number of rotatable bonds is 7. The number of ether oxygens (including phenoxy) is 1. The van der Waals surface area contributed by atoms with Crippen molar-refractivity contribution >= 4 is 48.9 Å². The van der Waals surface area contributed by atoms with Gasteiger partial charge in [-0.1, -0.05) is 0 Å². The third-order valence-corrected chi connectivity index (χ3v) is 9.67. The molecule has 0 aliphatic heterocycles. The van der Waals surface area contributed by atoms with Crippen LogP contribution >= 0.6 is 22.9 Å². The van der Waals surface area contributed by atoms with Crippen LogP contribution < -0.4 is 0 Å². The summed E-state index contributed by atoms with van der Waals surface area (Å²) in [6.45, 7) is 6.18. The van der Waals surface area contributed by atoms with Gasteiger partial charge in [-0.25, -0.2) is 0 Å². The summed E-state index contributed by atoms with van der Waals surface area (Å²) < 4.78 is 44.6. The molecule has 0 fully saturated rings. The van der Waals surface area contributed by atoms with Gasteiger partial charge in [0.2, 0.25) is 0 Å². The molecule has 1 radical (unpaired) electrons. The average Bonchev–Trinajstić information content (AvgIpc) is 3.15. The Morgan fingerprint density at radius 1 is 1.07 bits per heavy atom. The molecule has 1 atom stereocenters. The molecule has 2 aromatic carbocycles. The predicted molar refractivity (Wildman–Crippen MR) is 113 cm³/mol. The topological polar surface area (TPSA) is 73.3 Å². The molecule has 1 heterocycles. The minimum absolute atomic E-state index is 0.00463. The van der Waals surface area contributed by atoms with Crippen LogP contribution in [0.5, 0.6) is 0 Å². The van der Waals surface area contributed by atoms with Crippen LogP contribution in [-0.4, -0.2) is 43.8 Å². The van der Waals surface area contributed by atoms with Crippen LogP contribution in [0.4, 0.5) is 0 Å². The molecule has 0 saturated heterocycles. The first-order valence-electron chi connectivity index (χ1n) is 8.11. The summed E-state index contributed by atoms with van der Waals surface area (Å²) in [6, 6.07) is 14.8. The number of methoxy groups -OCH3 is 1. The Morgan fingerprint density at radius 3 is 2.32 bits per heavy atom. The van der Waals surface area contributed by atoms with Crippen LogP contribution in [-0.2, 0) is 23.9 Å². The van der Waals surface area contributed by atoms with Crippen molar-refractivity contribution in [2.45, 2.75) is 14.1 Å². The van der Waals surface area contributed by atoms with E-state index in [2.05, 4.69) is 4.98 Å². The second kappa shape index (κ2) is 8.46. The van der Waals surface area contributed by atoms with Gasteiger partial charge in [-0.15, -0.1) is 0 Å². The molecule has 0 amide bonds. The molecule has 0 aliphatic carbocycles. The number of benzene rings is 2. The molecule has 5 nitrogen and oxygen atoms in total. The monoisotopic (exact) mass is 452 g/mol. The maximum absolute atomic E-state index is 13.2. The van der Waals surface area contributed by atoms with E-state index < -0.39 is 19.2 Å². The number of hydrogen-bond donors (Lipinski definition) is 0. The number of sulfone groups is 1. The van der Waals surface area contributed by atoms with Gasteiger partial charge in [0.15, 0.2) is 0 Å².